The van der Waals surface area contributed by atoms with Crippen LogP contribution in [0.2, 0.25) is 0 Å². The number of carbonyl (C=O) groups is 3. The minimum atomic E-state index is -4.01. The standard InChI is InChI=1S/C32H31N3O7S/c36-28-11-5-10-25-26(28)12-13-29(42-30(19-35-17-16-33-21-35)22-6-2-1-3-7-22)27(25)20-43(40,41)24-9-4-8-23(18-24)32(39)34-15-14-31(37)38/h1-4,6-9,12-13,16-18,21,30H,5,10-11,14-15,19-20H2,(H,34,39)(H,37,38). The molecule has 0 radical (unpaired) electrons. The van der Waals surface area contributed by atoms with E-state index in [4.69, 9.17) is 9.84 Å². The predicted molar refractivity (Wildman–Crippen MR) is 158 cm³/mol. The van der Waals surface area contributed by atoms with E-state index in [1.807, 2.05) is 41.1 Å². The summed E-state index contributed by atoms with van der Waals surface area (Å²) < 4.78 is 36.2. The van der Waals surface area contributed by atoms with Gasteiger partial charge in [-0.25, -0.2) is 13.4 Å². The highest BCUT2D eigenvalue weighted by Gasteiger charge is 2.28. The van der Waals surface area contributed by atoms with Crippen molar-refractivity contribution in [3.63, 3.8) is 0 Å². The van der Waals surface area contributed by atoms with Gasteiger partial charge in [-0.05, 0) is 54.3 Å². The smallest absolute Gasteiger partial charge is 0.305 e. The average Bonchev–Trinajstić information content (AvgIpc) is 3.51. The Morgan fingerprint density at radius 2 is 1.86 bits per heavy atom. The second-order valence-corrected chi connectivity index (χ2v) is 12.3. The van der Waals surface area contributed by atoms with Crippen molar-refractivity contribution < 1.29 is 32.6 Å². The number of benzene rings is 3. The summed E-state index contributed by atoms with van der Waals surface area (Å²) in [5.41, 5.74) is 2.57. The molecule has 1 aromatic heterocycles. The molecule has 11 heteroatoms. The average molecular weight is 602 g/mol. The number of carbonyl (C=O) groups excluding carboxylic acids is 2. The Labute approximate surface area is 249 Å². The first kappa shape index (κ1) is 29.7. The highest BCUT2D eigenvalue weighted by Crippen LogP contribution is 2.36. The minimum absolute atomic E-state index is 0.0375. The van der Waals surface area contributed by atoms with Crippen LogP contribution in [0.1, 0.15) is 62.8 Å². The summed E-state index contributed by atoms with van der Waals surface area (Å²) in [6.45, 7) is 0.336. The largest absolute Gasteiger partial charge is 0.484 e. The molecular weight excluding hydrogens is 570 g/mol. The topological polar surface area (TPSA) is 145 Å². The lowest BCUT2D eigenvalue weighted by Gasteiger charge is -2.26. The summed E-state index contributed by atoms with van der Waals surface area (Å²) in [6.07, 6.45) is 5.97. The number of sulfone groups is 1. The fraction of sp³-hybridized carbons (Fsp3) is 0.250. The van der Waals surface area contributed by atoms with Crippen LogP contribution in [0.15, 0.2) is 90.3 Å². The van der Waals surface area contributed by atoms with Gasteiger partial charge < -0.3 is 19.7 Å². The van der Waals surface area contributed by atoms with E-state index in [-0.39, 0.29) is 29.2 Å². The lowest BCUT2D eigenvalue weighted by Crippen LogP contribution is -2.26. The number of hydrogen-bond donors (Lipinski definition) is 2. The molecule has 0 bridgehead atoms. The van der Waals surface area contributed by atoms with Gasteiger partial charge in [-0.15, -0.1) is 0 Å². The van der Waals surface area contributed by atoms with Crippen LogP contribution in [0.25, 0.3) is 0 Å². The lowest BCUT2D eigenvalue weighted by molar-refractivity contribution is -0.136. The minimum Gasteiger partial charge on any atom is -0.484 e. The quantitative estimate of drug-likeness (QED) is 0.243. The van der Waals surface area contributed by atoms with Gasteiger partial charge in [0.05, 0.1) is 29.9 Å². The number of ketones is 1. The van der Waals surface area contributed by atoms with E-state index in [9.17, 15) is 22.8 Å². The molecule has 1 aliphatic carbocycles. The molecule has 1 unspecified atom stereocenters. The molecule has 0 fully saturated rings. The number of hydrogen-bond acceptors (Lipinski definition) is 7. The monoisotopic (exact) mass is 601 g/mol. The summed E-state index contributed by atoms with van der Waals surface area (Å²) >= 11 is 0. The Bertz CT molecular complexity index is 1740. The number of nitrogens with zero attached hydrogens (tertiary/aromatic N) is 2. The zero-order chi connectivity index (χ0) is 30.4. The lowest BCUT2D eigenvalue weighted by atomic mass is 9.87. The molecule has 1 aliphatic rings. The summed E-state index contributed by atoms with van der Waals surface area (Å²) in [7, 11) is -4.01. The summed E-state index contributed by atoms with van der Waals surface area (Å²) in [4.78, 5) is 40.2. The maximum absolute atomic E-state index is 13.8. The van der Waals surface area contributed by atoms with Gasteiger partial charge in [0.25, 0.3) is 5.91 Å². The first-order valence-corrected chi connectivity index (χ1v) is 15.5. The fourth-order valence-electron chi connectivity index (χ4n) is 5.15. The third kappa shape index (κ3) is 7.18. The molecule has 10 nitrogen and oxygen atoms in total. The van der Waals surface area contributed by atoms with E-state index in [0.717, 1.165) is 5.56 Å². The summed E-state index contributed by atoms with van der Waals surface area (Å²) in [6, 6.07) is 18.6. The van der Waals surface area contributed by atoms with Crippen LogP contribution >= 0.6 is 0 Å². The molecule has 4 aromatic rings. The van der Waals surface area contributed by atoms with E-state index >= 15 is 0 Å². The van der Waals surface area contributed by atoms with Gasteiger partial charge in [-0.2, -0.15) is 0 Å². The van der Waals surface area contributed by atoms with E-state index in [1.165, 1.54) is 24.3 Å². The number of aliphatic carboxylic acids is 1. The molecule has 222 valence electrons. The van der Waals surface area contributed by atoms with Gasteiger partial charge in [0.1, 0.15) is 11.9 Å². The van der Waals surface area contributed by atoms with E-state index in [2.05, 4.69) is 10.3 Å². The van der Waals surface area contributed by atoms with Gasteiger partial charge in [0.15, 0.2) is 15.6 Å². The Morgan fingerprint density at radius 1 is 1.05 bits per heavy atom. The van der Waals surface area contributed by atoms with Crippen LogP contribution in [0, 0.1) is 0 Å². The number of rotatable bonds is 12. The van der Waals surface area contributed by atoms with E-state index in [1.54, 1.807) is 24.7 Å². The number of imidazole rings is 1. The molecule has 1 amide bonds. The molecule has 5 rings (SSSR count). The van der Waals surface area contributed by atoms with Gasteiger partial charge in [-0.3, -0.25) is 14.4 Å². The fourth-order valence-corrected chi connectivity index (χ4v) is 6.61. The number of Topliss-reactive ketones (excluding diaryl/α,β-unsaturated/α-hetero) is 1. The number of carboxylic acids is 1. The predicted octanol–water partition coefficient (Wildman–Crippen LogP) is 4.40. The number of ether oxygens (including phenoxy) is 1. The van der Waals surface area contributed by atoms with Crippen molar-refractivity contribution >= 4 is 27.5 Å². The SMILES string of the molecule is O=C(O)CCNC(=O)c1cccc(S(=O)(=O)Cc2c(OC(Cn3ccnc3)c3ccccc3)ccc3c2CCCC3=O)c1. The van der Waals surface area contributed by atoms with Gasteiger partial charge in [-0.1, -0.05) is 36.4 Å². The Hall–Kier alpha value is -4.77. The molecule has 0 saturated carbocycles. The van der Waals surface area contributed by atoms with Crippen molar-refractivity contribution in [2.24, 2.45) is 0 Å². The highest BCUT2D eigenvalue weighted by atomic mass is 32.2. The zero-order valence-electron chi connectivity index (χ0n) is 23.3. The van der Waals surface area contributed by atoms with Crippen LogP contribution in [0.4, 0.5) is 0 Å². The molecule has 3 aromatic carbocycles. The van der Waals surface area contributed by atoms with Gasteiger partial charge in [0.2, 0.25) is 0 Å². The summed E-state index contributed by atoms with van der Waals surface area (Å²) in [5.74, 6) is -1.73. The molecule has 1 atom stereocenters. The van der Waals surface area contributed by atoms with Gasteiger partial charge >= 0.3 is 5.97 Å². The molecule has 0 saturated heterocycles. The maximum atomic E-state index is 13.8. The number of amides is 1. The third-order valence-electron chi connectivity index (χ3n) is 7.31. The normalized spacial score (nSPS) is 13.6. The van der Waals surface area contributed by atoms with Crippen LogP contribution in [0.5, 0.6) is 5.75 Å². The second kappa shape index (κ2) is 13.0. The Morgan fingerprint density at radius 3 is 2.60 bits per heavy atom. The van der Waals surface area contributed by atoms with E-state index < -0.39 is 33.6 Å². The van der Waals surface area contributed by atoms with Crippen molar-refractivity contribution in [1.82, 2.24) is 14.9 Å². The number of carboxylic acid groups (broad SMARTS) is 1. The molecular formula is C32H31N3O7S. The number of aromatic nitrogens is 2. The third-order valence-corrected chi connectivity index (χ3v) is 8.95. The van der Waals surface area contributed by atoms with Crippen molar-refractivity contribution in [3.8, 4) is 5.75 Å². The first-order valence-electron chi connectivity index (χ1n) is 13.9. The second-order valence-electron chi connectivity index (χ2n) is 10.3. The molecule has 2 N–H and O–H groups in total. The van der Waals surface area contributed by atoms with Crippen LogP contribution < -0.4 is 10.1 Å². The molecule has 0 aliphatic heterocycles. The highest BCUT2D eigenvalue weighted by molar-refractivity contribution is 7.90. The molecule has 43 heavy (non-hydrogen) atoms. The van der Waals surface area contributed by atoms with E-state index in [0.29, 0.717) is 48.2 Å². The van der Waals surface area contributed by atoms with Crippen LogP contribution in [-0.2, 0) is 33.4 Å². The van der Waals surface area contributed by atoms with Crippen LogP contribution in [-0.4, -0.2) is 47.3 Å². The number of fused-ring (bicyclic) bond motifs is 1. The summed E-state index contributed by atoms with van der Waals surface area (Å²) in [5, 5.41) is 11.3. The number of nitrogens with one attached hydrogen (secondary N) is 1. The molecule has 0 spiro atoms. The molecule has 1 heterocycles. The Balaban J connectivity index is 1.50. The first-order chi connectivity index (χ1) is 20.7. The van der Waals surface area contributed by atoms with Crippen molar-refractivity contribution in [2.45, 2.75) is 49.0 Å². The van der Waals surface area contributed by atoms with Crippen molar-refractivity contribution in [3.05, 3.63) is 113 Å². The maximum Gasteiger partial charge on any atom is 0.305 e. The van der Waals surface area contributed by atoms with Crippen molar-refractivity contribution in [1.29, 1.82) is 0 Å². The Kier molecular flexibility index (Phi) is 9.01. The van der Waals surface area contributed by atoms with Crippen molar-refractivity contribution in [2.75, 3.05) is 6.54 Å². The zero-order valence-corrected chi connectivity index (χ0v) is 24.1. The van der Waals surface area contributed by atoms with Crippen LogP contribution in [0.3, 0.4) is 0 Å². The van der Waals surface area contributed by atoms with Gasteiger partial charge in [0, 0.05) is 42.0 Å².